The van der Waals surface area contributed by atoms with Crippen LogP contribution in [0, 0.1) is 0 Å². The standard InChI is InChI=1S/C12H20N4O3S/c13-20(18,19)8-2-4-11(17)16-7-1-3-10(9-16)12-14-5-6-15-12/h5-6,10H,1-4,7-9H2,(H,14,15)(H2,13,18,19)/t10-/m0/s1. The second kappa shape index (κ2) is 6.36. The van der Waals surface area contributed by atoms with Gasteiger partial charge < -0.3 is 9.88 Å². The summed E-state index contributed by atoms with van der Waals surface area (Å²) in [5.74, 6) is 0.992. The van der Waals surface area contributed by atoms with Gasteiger partial charge in [0.2, 0.25) is 15.9 Å². The van der Waals surface area contributed by atoms with Crippen LogP contribution in [-0.4, -0.2) is 48.0 Å². The fourth-order valence-electron chi connectivity index (χ4n) is 2.51. The van der Waals surface area contributed by atoms with Crippen molar-refractivity contribution >= 4 is 15.9 Å². The van der Waals surface area contributed by atoms with Gasteiger partial charge in [0.05, 0.1) is 5.75 Å². The van der Waals surface area contributed by atoms with E-state index < -0.39 is 10.0 Å². The number of amides is 1. The highest BCUT2D eigenvalue weighted by atomic mass is 32.2. The molecule has 1 aliphatic rings. The second-order valence-electron chi connectivity index (χ2n) is 5.12. The van der Waals surface area contributed by atoms with E-state index in [9.17, 15) is 13.2 Å². The number of hydrogen-bond donors (Lipinski definition) is 2. The van der Waals surface area contributed by atoms with E-state index in [0.29, 0.717) is 6.54 Å². The number of aromatic amines is 1. The van der Waals surface area contributed by atoms with E-state index in [1.54, 1.807) is 17.3 Å². The molecule has 0 radical (unpaired) electrons. The normalized spacial score (nSPS) is 20.1. The van der Waals surface area contributed by atoms with Gasteiger partial charge in [-0.05, 0) is 19.3 Å². The van der Waals surface area contributed by atoms with Crippen LogP contribution in [0.1, 0.15) is 37.4 Å². The SMILES string of the molecule is NS(=O)(=O)CCCC(=O)N1CCC[C@H](c2ncc[nH]2)C1. The molecular weight excluding hydrogens is 280 g/mol. The molecule has 1 atom stereocenters. The number of nitrogens with two attached hydrogens (primary N) is 1. The largest absolute Gasteiger partial charge is 0.348 e. The van der Waals surface area contributed by atoms with Crippen molar-refractivity contribution in [3.8, 4) is 0 Å². The highest BCUT2D eigenvalue weighted by Crippen LogP contribution is 2.24. The number of nitrogens with one attached hydrogen (secondary N) is 1. The number of H-pyrrole nitrogens is 1. The minimum absolute atomic E-state index is 0.00935. The van der Waals surface area contributed by atoms with Gasteiger partial charge in [-0.1, -0.05) is 0 Å². The summed E-state index contributed by atoms with van der Waals surface area (Å²) in [7, 11) is -3.48. The molecule has 3 N–H and O–H groups in total. The van der Waals surface area contributed by atoms with Crippen molar-refractivity contribution < 1.29 is 13.2 Å². The molecule has 7 nitrogen and oxygen atoms in total. The highest BCUT2D eigenvalue weighted by Gasteiger charge is 2.25. The first-order chi connectivity index (χ1) is 9.46. The van der Waals surface area contributed by atoms with Gasteiger partial charge in [0.1, 0.15) is 5.82 Å². The Morgan fingerprint density at radius 3 is 3.00 bits per heavy atom. The van der Waals surface area contributed by atoms with Gasteiger partial charge in [-0.3, -0.25) is 4.79 Å². The Bertz CT molecular complexity index is 541. The summed E-state index contributed by atoms with van der Waals surface area (Å²) in [5, 5.41) is 4.92. The van der Waals surface area contributed by atoms with Crippen molar-refractivity contribution in [1.29, 1.82) is 0 Å². The van der Waals surface area contributed by atoms with Gasteiger partial charge in [-0.25, -0.2) is 18.5 Å². The predicted molar refractivity (Wildman–Crippen MR) is 74.4 cm³/mol. The molecule has 0 saturated carbocycles. The minimum atomic E-state index is -3.48. The van der Waals surface area contributed by atoms with Crippen LogP contribution in [0.3, 0.4) is 0 Å². The van der Waals surface area contributed by atoms with Crippen LogP contribution in [-0.2, 0) is 14.8 Å². The van der Waals surface area contributed by atoms with Crippen LogP contribution in [0.5, 0.6) is 0 Å². The molecule has 0 spiro atoms. The predicted octanol–water partition coefficient (Wildman–Crippen LogP) is 0.184. The molecule has 2 rings (SSSR count). The van der Waals surface area contributed by atoms with Crippen LogP contribution in [0.25, 0.3) is 0 Å². The van der Waals surface area contributed by atoms with Crippen molar-refractivity contribution in [2.45, 2.75) is 31.6 Å². The van der Waals surface area contributed by atoms with Crippen molar-refractivity contribution in [3.63, 3.8) is 0 Å². The molecule has 8 heteroatoms. The number of likely N-dealkylation sites (tertiary alicyclic amines) is 1. The molecule has 0 aliphatic carbocycles. The topological polar surface area (TPSA) is 109 Å². The Morgan fingerprint density at radius 1 is 1.55 bits per heavy atom. The molecule has 1 aromatic rings. The summed E-state index contributed by atoms with van der Waals surface area (Å²) in [6.07, 6.45) is 5.94. The van der Waals surface area contributed by atoms with Crippen molar-refractivity contribution in [2.75, 3.05) is 18.8 Å². The fourth-order valence-corrected chi connectivity index (χ4v) is 3.06. The molecule has 1 aliphatic heterocycles. The first kappa shape index (κ1) is 15.0. The van der Waals surface area contributed by atoms with Gasteiger partial charge >= 0.3 is 0 Å². The Hall–Kier alpha value is -1.41. The van der Waals surface area contributed by atoms with Crippen LogP contribution in [0.15, 0.2) is 12.4 Å². The summed E-state index contributed by atoms with van der Waals surface area (Å²) in [4.78, 5) is 21.2. The summed E-state index contributed by atoms with van der Waals surface area (Å²) < 4.78 is 21.7. The third-order valence-corrected chi connectivity index (χ3v) is 4.36. The van der Waals surface area contributed by atoms with Crippen molar-refractivity contribution in [3.05, 3.63) is 18.2 Å². The molecule has 2 heterocycles. The third-order valence-electron chi connectivity index (χ3n) is 3.50. The molecule has 0 aromatic carbocycles. The number of imidazole rings is 1. The lowest BCUT2D eigenvalue weighted by atomic mass is 9.97. The average molecular weight is 300 g/mol. The first-order valence-electron chi connectivity index (χ1n) is 6.73. The van der Waals surface area contributed by atoms with E-state index in [2.05, 4.69) is 9.97 Å². The Labute approximate surface area is 118 Å². The number of primary sulfonamides is 1. The minimum Gasteiger partial charge on any atom is -0.348 e. The molecule has 20 heavy (non-hydrogen) atoms. The number of rotatable bonds is 5. The van der Waals surface area contributed by atoms with E-state index >= 15 is 0 Å². The zero-order valence-electron chi connectivity index (χ0n) is 11.3. The lowest BCUT2D eigenvalue weighted by Crippen LogP contribution is -2.39. The monoisotopic (exact) mass is 300 g/mol. The van der Waals surface area contributed by atoms with Crippen LogP contribution in [0.4, 0.5) is 0 Å². The Morgan fingerprint density at radius 2 is 2.35 bits per heavy atom. The van der Waals surface area contributed by atoms with Gasteiger partial charge in [-0.2, -0.15) is 0 Å². The summed E-state index contributed by atoms with van der Waals surface area (Å²) in [6, 6.07) is 0. The number of carbonyl (C=O) groups is 1. The number of piperidine rings is 1. The maximum Gasteiger partial charge on any atom is 0.222 e. The second-order valence-corrected chi connectivity index (χ2v) is 6.86. The van der Waals surface area contributed by atoms with Crippen LogP contribution >= 0.6 is 0 Å². The molecule has 1 saturated heterocycles. The molecule has 112 valence electrons. The van der Waals surface area contributed by atoms with E-state index in [4.69, 9.17) is 5.14 Å². The lowest BCUT2D eigenvalue weighted by Gasteiger charge is -2.32. The van der Waals surface area contributed by atoms with Crippen LogP contribution in [0.2, 0.25) is 0 Å². The molecule has 1 amide bonds. The van der Waals surface area contributed by atoms with Crippen molar-refractivity contribution in [2.24, 2.45) is 5.14 Å². The Kier molecular flexibility index (Phi) is 4.77. The average Bonchev–Trinajstić information content (AvgIpc) is 2.91. The number of carbonyl (C=O) groups excluding carboxylic acids is 1. The third kappa shape index (κ3) is 4.31. The van der Waals surface area contributed by atoms with E-state index in [1.807, 2.05) is 0 Å². The van der Waals surface area contributed by atoms with E-state index in [-0.39, 0.29) is 30.4 Å². The lowest BCUT2D eigenvalue weighted by molar-refractivity contribution is -0.132. The Balaban J connectivity index is 1.84. The smallest absolute Gasteiger partial charge is 0.222 e. The maximum atomic E-state index is 12.1. The highest BCUT2D eigenvalue weighted by molar-refractivity contribution is 7.89. The number of sulfonamides is 1. The number of nitrogens with zero attached hydrogens (tertiary/aromatic N) is 2. The fraction of sp³-hybridized carbons (Fsp3) is 0.667. The zero-order chi connectivity index (χ0) is 14.6. The maximum absolute atomic E-state index is 12.1. The van der Waals surface area contributed by atoms with Gasteiger partial charge in [0.15, 0.2) is 0 Å². The molecule has 1 aromatic heterocycles. The quantitative estimate of drug-likeness (QED) is 0.808. The number of aromatic nitrogens is 2. The summed E-state index contributed by atoms with van der Waals surface area (Å²) in [6.45, 7) is 1.37. The number of hydrogen-bond acceptors (Lipinski definition) is 4. The molecule has 0 unspecified atom stereocenters. The van der Waals surface area contributed by atoms with E-state index in [0.717, 1.165) is 25.2 Å². The summed E-state index contributed by atoms with van der Waals surface area (Å²) in [5.41, 5.74) is 0. The molecular formula is C12H20N4O3S. The van der Waals surface area contributed by atoms with E-state index in [1.165, 1.54) is 0 Å². The summed E-state index contributed by atoms with van der Waals surface area (Å²) >= 11 is 0. The molecule has 0 bridgehead atoms. The van der Waals surface area contributed by atoms with Gasteiger partial charge in [-0.15, -0.1) is 0 Å². The van der Waals surface area contributed by atoms with Gasteiger partial charge in [0, 0.05) is 37.8 Å². The zero-order valence-corrected chi connectivity index (χ0v) is 12.1. The van der Waals surface area contributed by atoms with Crippen LogP contribution < -0.4 is 5.14 Å². The van der Waals surface area contributed by atoms with Crippen molar-refractivity contribution in [1.82, 2.24) is 14.9 Å². The van der Waals surface area contributed by atoms with Gasteiger partial charge in [0.25, 0.3) is 0 Å². The first-order valence-corrected chi connectivity index (χ1v) is 8.45. The molecule has 1 fully saturated rings.